The highest BCUT2D eigenvalue weighted by molar-refractivity contribution is 7.65. The zero-order chi connectivity index (χ0) is 17.0. The molecular weight excluding hydrogens is 323 g/mol. The van der Waals surface area contributed by atoms with E-state index in [-0.39, 0.29) is 11.3 Å². The average Bonchev–Trinajstić information content (AvgIpc) is 3.02. The molecule has 0 saturated carbocycles. The van der Waals surface area contributed by atoms with Gasteiger partial charge in [-0.1, -0.05) is 39.8 Å². The molecular formula is C18H27N2OPS. The lowest BCUT2D eigenvalue weighted by Gasteiger charge is -2.26. The lowest BCUT2D eigenvalue weighted by Crippen LogP contribution is -2.17. The second kappa shape index (κ2) is 7.55. The summed E-state index contributed by atoms with van der Waals surface area (Å²) in [5, 5.41) is 5.46. The number of hydrogen-bond acceptors (Lipinski definition) is 4. The zero-order valence-electron chi connectivity index (χ0n) is 14.4. The second-order valence-electron chi connectivity index (χ2n) is 6.47. The molecule has 0 bridgehead atoms. The number of rotatable bonds is 7. The van der Waals surface area contributed by atoms with E-state index in [1.165, 1.54) is 4.88 Å². The van der Waals surface area contributed by atoms with Crippen molar-refractivity contribution in [1.29, 1.82) is 0 Å². The molecule has 0 unspecified atom stereocenters. The van der Waals surface area contributed by atoms with Gasteiger partial charge >= 0.3 is 0 Å². The van der Waals surface area contributed by atoms with Gasteiger partial charge in [0.2, 0.25) is 0 Å². The van der Waals surface area contributed by atoms with Crippen LogP contribution >= 0.6 is 18.5 Å². The van der Waals surface area contributed by atoms with Gasteiger partial charge in [0.1, 0.15) is 0 Å². The van der Waals surface area contributed by atoms with Gasteiger partial charge in [0.25, 0.3) is 0 Å². The van der Waals surface area contributed by atoms with Gasteiger partial charge in [-0.15, -0.1) is 11.3 Å². The second-order valence-corrected chi connectivity index (χ2v) is 11.6. The summed E-state index contributed by atoms with van der Waals surface area (Å²) in [5.41, 5.74) is 9.34. The quantitative estimate of drug-likeness (QED) is 0.505. The minimum absolute atomic E-state index is 0.221. The molecule has 23 heavy (non-hydrogen) atoms. The molecule has 0 aliphatic heterocycles. The Morgan fingerprint density at radius 2 is 1.87 bits per heavy atom. The van der Waals surface area contributed by atoms with Gasteiger partial charge in [-0.3, -0.25) is 0 Å². The van der Waals surface area contributed by atoms with Crippen LogP contribution in [0, 0.1) is 0 Å². The number of hydrogen-bond donors (Lipinski definition) is 2. The predicted molar refractivity (Wildman–Crippen MR) is 105 cm³/mol. The highest BCUT2D eigenvalue weighted by Crippen LogP contribution is 2.54. The van der Waals surface area contributed by atoms with E-state index >= 15 is 0 Å². The number of anilines is 2. The van der Waals surface area contributed by atoms with E-state index in [9.17, 15) is 4.57 Å². The molecule has 3 N–H and O–H groups in total. The van der Waals surface area contributed by atoms with Crippen LogP contribution in [0.15, 0.2) is 35.7 Å². The summed E-state index contributed by atoms with van der Waals surface area (Å²) in [5.74, 6) is 0. The fourth-order valence-corrected chi connectivity index (χ4v) is 6.19. The molecule has 1 aromatic carbocycles. The maximum Gasteiger partial charge on any atom is 0.0942 e. The Balaban J connectivity index is 2.09. The van der Waals surface area contributed by atoms with Crippen LogP contribution in [0.4, 0.5) is 11.4 Å². The smallest absolute Gasteiger partial charge is 0.0942 e. The first-order valence-corrected chi connectivity index (χ1v) is 11.0. The molecule has 0 saturated heterocycles. The standard InChI is InChI=1S/C18H27N2OPS/c1-13(2)22(21,14(3)4)10-9-20-17-12-15(7-8-16(17)19)18-6-5-11-23-18/h5-8,11-14,20H,9-10,19H2,1-4H3. The van der Waals surface area contributed by atoms with Crippen LogP contribution in [0.5, 0.6) is 0 Å². The highest BCUT2D eigenvalue weighted by Gasteiger charge is 2.29. The van der Waals surface area contributed by atoms with Crippen molar-refractivity contribution in [1.82, 2.24) is 0 Å². The zero-order valence-corrected chi connectivity index (χ0v) is 16.1. The Morgan fingerprint density at radius 3 is 2.43 bits per heavy atom. The van der Waals surface area contributed by atoms with E-state index in [1.807, 2.05) is 18.2 Å². The van der Waals surface area contributed by atoms with E-state index in [4.69, 9.17) is 5.73 Å². The van der Waals surface area contributed by atoms with Crippen molar-refractivity contribution in [2.45, 2.75) is 39.0 Å². The van der Waals surface area contributed by atoms with E-state index in [2.05, 4.69) is 50.5 Å². The molecule has 0 radical (unpaired) electrons. The summed E-state index contributed by atoms with van der Waals surface area (Å²) >= 11 is 1.71. The van der Waals surface area contributed by atoms with Crippen molar-refractivity contribution in [3.63, 3.8) is 0 Å². The van der Waals surface area contributed by atoms with Crippen molar-refractivity contribution in [2.24, 2.45) is 0 Å². The Labute approximate surface area is 143 Å². The molecule has 0 aliphatic rings. The van der Waals surface area contributed by atoms with Gasteiger partial charge < -0.3 is 15.6 Å². The molecule has 5 heteroatoms. The largest absolute Gasteiger partial charge is 0.397 e. The van der Waals surface area contributed by atoms with Crippen molar-refractivity contribution < 1.29 is 4.57 Å². The van der Waals surface area contributed by atoms with Gasteiger partial charge in [0.15, 0.2) is 0 Å². The van der Waals surface area contributed by atoms with Crippen molar-refractivity contribution in [3.8, 4) is 10.4 Å². The van der Waals surface area contributed by atoms with Crippen LogP contribution in [0.25, 0.3) is 10.4 Å². The third kappa shape index (κ3) is 4.19. The van der Waals surface area contributed by atoms with E-state index in [1.54, 1.807) is 11.3 Å². The lowest BCUT2D eigenvalue weighted by atomic mass is 10.1. The highest BCUT2D eigenvalue weighted by atomic mass is 32.1. The number of thiophene rings is 1. The van der Waals surface area contributed by atoms with Gasteiger partial charge in [-0.25, -0.2) is 0 Å². The summed E-state index contributed by atoms with van der Waals surface area (Å²) < 4.78 is 13.1. The fraction of sp³-hybridized carbons (Fsp3) is 0.444. The maximum atomic E-state index is 13.1. The first-order valence-electron chi connectivity index (χ1n) is 8.10. The Bertz CT molecular complexity index is 668. The monoisotopic (exact) mass is 350 g/mol. The van der Waals surface area contributed by atoms with E-state index in [0.29, 0.717) is 12.7 Å². The maximum absolute atomic E-state index is 13.1. The molecule has 0 aliphatic carbocycles. The molecule has 126 valence electrons. The summed E-state index contributed by atoms with van der Waals surface area (Å²) in [4.78, 5) is 1.23. The first-order chi connectivity index (χ1) is 10.8. The minimum atomic E-state index is -2.18. The Kier molecular flexibility index (Phi) is 5.94. The summed E-state index contributed by atoms with van der Waals surface area (Å²) in [6.45, 7) is 8.93. The van der Waals surface area contributed by atoms with Crippen molar-refractivity contribution in [3.05, 3.63) is 35.7 Å². The van der Waals surface area contributed by atoms with Gasteiger partial charge in [-0.2, -0.15) is 0 Å². The molecule has 0 atom stereocenters. The molecule has 1 aromatic heterocycles. The van der Waals surface area contributed by atoms with Crippen molar-refractivity contribution >= 4 is 29.9 Å². The summed E-state index contributed by atoms with van der Waals surface area (Å²) in [6, 6.07) is 10.2. The normalized spacial score (nSPS) is 12.1. The van der Waals surface area contributed by atoms with E-state index < -0.39 is 7.14 Å². The summed E-state index contributed by atoms with van der Waals surface area (Å²) in [7, 11) is -2.18. The lowest BCUT2D eigenvalue weighted by molar-refractivity contribution is 0.561. The van der Waals surface area contributed by atoms with Crippen LogP contribution in [-0.2, 0) is 4.57 Å². The molecule has 1 heterocycles. The Morgan fingerprint density at radius 1 is 1.17 bits per heavy atom. The molecule has 3 nitrogen and oxygen atoms in total. The number of benzene rings is 1. The topological polar surface area (TPSA) is 55.1 Å². The van der Waals surface area contributed by atoms with Crippen LogP contribution in [0.1, 0.15) is 27.7 Å². The first kappa shape index (κ1) is 18.1. The number of nitrogens with one attached hydrogen (secondary N) is 1. The Hall–Kier alpha value is -1.25. The fourth-order valence-electron chi connectivity index (χ4n) is 2.78. The molecule has 2 aromatic rings. The van der Waals surface area contributed by atoms with Crippen LogP contribution in [-0.4, -0.2) is 24.0 Å². The molecule has 0 spiro atoms. The third-order valence-electron chi connectivity index (χ3n) is 4.38. The van der Waals surface area contributed by atoms with E-state index in [0.717, 1.165) is 16.9 Å². The van der Waals surface area contributed by atoms with Crippen LogP contribution in [0.3, 0.4) is 0 Å². The molecule has 2 rings (SSSR count). The van der Waals surface area contributed by atoms with Gasteiger partial charge in [-0.05, 0) is 29.1 Å². The third-order valence-corrected chi connectivity index (χ3v) is 9.72. The number of nitrogens with two attached hydrogens (primary N) is 1. The molecule has 0 fully saturated rings. The van der Waals surface area contributed by atoms with Crippen LogP contribution < -0.4 is 11.1 Å². The van der Waals surface area contributed by atoms with Gasteiger partial charge in [0, 0.05) is 28.9 Å². The SMILES string of the molecule is CC(C)P(=O)(CCNc1cc(-c2cccs2)ccc1N)C(C)C. The molecule has 0 amide bonds. The van der Waals surface area contributed by atoms with Crippen LogP contribution in [0.2, 0.25) is 0 Å². The minimum Gasteiger partial charge on any atom is -0.397 e. The number of nitrogen functional groups attached to an aromatic ring is 1. The van der Waals surface area contributed by atoms with Gasteiger partial charge in [0.05, 0.1) is 18.5 Å². The summed E-state index contributed by atoms with van der Waals surface area (Å²) in [6.07, 6.45) is 0.699. The predicted octanol–water partition coefficient (Wildman–Crippen LogP) is 5.59. The van der Waals surface area contributed by atoms with Crippen molar-refractivity contribution in [2.75, 3.05) is 23.8 Å². The average molecular weight is 350 g/mol.